The van der Waals surface area contributed by atoms with Crippen molar-refractivity contribution in [2.24, 2.45) is 12.0 Å². The average Bonchev–Trinajstić information content (AvgIpc) is 3.43. The van der Waals surface area contributed by atoms with Crippen LogP contribution in [-0.4, -0.2) is 88.5 Å². The third kappa shape index (κ3) is 7.24. The smallest absolute Gasteiger partial charge is 0.410 e. The number of piperazine rings is 1. The summed E-state index contributed by atoms with van der Waals surface area (Å²) in [5.41, 5.74) is 0.294. The predicted molar refractivity (Wildman–Crippen MR) is 134 cm³/mol. The lowest BCUT2D eigenvalue weighted by Gasteiger charge is -2.35. The van der Waals surface area contributed by atoms with Crippen molar-refractivity contribution in [3.63, 3.8) is 0 Å². The standard InChI is InChI=1S/C21H35N7O3.HI/c1-6-22-19(23-9-10-28(16-7-8-16)20(30)31-21(2,3)4)26-11-12-27(18(29)15-26)17-13-24-25(5)14-17;/h13-14,16H,6-12,15H2,1-5H3,(H,22,23);1H. The number of hydrogen-bond donors (Lipinski definition) is 1. The van der Waals surface area contributed by atoms with Gasteiger partial charge in [0.05, 0.1) is 18.4 Å². The van der Waals surface area contributed by atoms with Gasteiger partial charge in [-0.05, 0) is 40.5 Å². The second-order valence-electron chi connectivity index (χ2n) is 8.98. The SMILES string of the molecule is CCNC(=NCCN(C(=O)OC(C)(C)C)C1CC1)N1CCN(c2cnn(C)c2)C(=O)C1.I. The minimum atomic E-state index is -0.517. The second-order valence-corrected chi connectivity index (χ2v) is 8.98. The quantitative estimate of drug-likeness (QED) is 0.325. The summed E-state index contributed by atoms with van der Waals surface area (Å²) in [4.78, 5) is 35.5. The summed E-state index contributed by atoms with van der Waals surface area (Å²) in [5, 5.41) is 7.42. The van der Waals surface area contributed by atoms with Gasteiger partial charge >= 0.3 is 6.09 Å². The first kappa shape index (κ1) is 26.2. The molecule has 1 aliphatic carbocycles. The maximum Gasteiger partial charge on any atom is 0.410 e. The number of aliphatic imine (C=N–C) groups is 1. The van der Waals surface area contributed by atoms with Gasteiger partial charge in [0.1, 0.15) is 12.1 Å². The fraction of sp³-hybridized carbons (Fsp3) is 0.714. The minimum absolute atomic E-state index is 0. The van der Waals surface area contributed by atoms with E-state index >= 15 is 0 Å². The Morgan fingerprint density at radius 1 is 1.34 bits per heavy atom. The number of aromatic nitrogens is 2. The van der Waals surface area contributed by atoms with Crippen molar-refractivity contribution < 1.29 is 14.3 Å². The zero-order valence-corrected chi connectivity index (χ0v) is 22.0. The van der Waals surface area contributed by atoms with Gasteiger partial charge in [-0.1, -0.05) is 0 Å². The number of guanidine groups is 1. The van der Waals surface area contributed by atoms with Crippen LogP contribution in [0.2, 0.25) is 0 Å². The molecule has 0 unspecified atom stereocenters. The zero-order chi connectivity index (χ0) is 22.6. The molecular formula is C21H36IN7O3. The molecule has 1 saturated carbocycles. The molecule has 10 nitrogen and oxygen atoms in total. The molecule has 2 amide bonds. The summed E-state index contributed by atoms with van der Waals surface area (Å²) >= 11 is 0. The van der Waals surface area contributed by atoms with Gasteiger partial charge in [-0.2, -0.15) is 5.10 Å². The summed E-state index contributed by atoms with van der Waals surface area (Å²) in [6, 6.07) is 0.247. The van der Waals surface area contributed by atoms with Crippen LogP contribution in [0.25, 0.3) is 0 Å². The van der Waals surface area contributed by atoms with Gasteiger partial charge in [-0.3, -0.25) is 14.5 Å². The summed E-state index contributed by atoms with van der Waals surface area (Å²) in [5.74, 6) is 0.708. The van der Waals surface area contributed by atoms with Gasteiger partial charge in [0, 0.05) is 45.5 Å². The molecule has 180 valence electrons. The Bertz CT molecular complexity index is 817. The maximum absolute atomic E-state index is 12.7. The number of amides is 2. The summed E-state index contributed by atoms with van der Waals surface area (Å²) in [6.07, 6.45) is 5.28. The van der Waals surface area contributed by atoms with Crippen LogP contribution in [0.4, 0.5) is 10.5 Å². The number of rotatable bonds is 6. The van der Waals surface area contributed by atoms with Crippen molar-refractivity contribution in [3.05, 3.63) is 12.4 Å². The van der Waals surface area contributed by atoms with Gasteiger partial charge in [0.25, 0.3) is 0 Å². The van der Waals surface area contributed by atoms with E-state index in [1.54, 1.807) is 20.7 Å². The Kier molecular flexibility index (Phi) is 9.17. The van der Waals surface area contributed by atoms with Crippen LogP contribution in [0.5, 0.6) is 0 Å². The van der Waals surface area contributed by atoms with E-state index in [4.69, 9.17) is 9.73 Å². The first-order valence-corrected chi connectivity index (χ1v) is 11.0. The number of halogens is 1. The van der Waals surface area contributed by atoms with E-state index in [0.717, 1.165) is 18.5 Å². The summed E-state index contributed by atoms with van der Waals surface area (Å²) in [7, 11) is 1.84. The van der Waals surface area contributed by atoms with Gasteiger partial charge in [0.2, 0.25) is 5.91 Å². The average molecular weight is 561 g/mol. The number of aryl methyl sites for hydroxylation is 1. The normalized spacial score (nSPS) is 17.2. The van der Waals surface area contributed by atoms with Gasteiger partial charge in [-0.15, -0.1) is 24.0 Å². The lowest BCUT2D eigenvalue weighted by molar-refractivity contribution is -0.120. The number of nitrogens with zero attached hydrogens (tertiary/aromatic N) is 6. The van der Waals surface area contributed by atoms with Crippen LogP contribution in [0.3, 0.4) is 0 Å². The van der Waals surface area contributed by atoms with Crippen molar-refractivity contribution in [1.82, 2.24) is 24.9 Å². The van der Waals surface area contributed by atoms with Crippen LogP contribution >= 0.6 is 24.0 Å². The Hall–Kier alpha value is -2.05. The number of nitrogens with one attached hydrogen (secondary N) is 1. The lowest BCUT2D eigenvalue weighted by atomic mass is 10.2. The molecule has 1 aromatic rings. The van der Waals surface area contributed by atoms with E-state index in [1.165, 1.54) is 0 Å². The Balaban J connectivity index is 0.00000363. The maximum atomic E-state index is 12.7. The van der Waals surface area contributed by atoms with Crippen molar-refractivity contribution >= 4 is 47.6 Å². The van der Waals surface area contributed by atoms with E-state index < -0.39 is 5.60 Å². The predicted octanol–water partition coefficient (Wildman–Crippen LogP) is 2.05. The van der Waals surface area contributed by atoms with E-state index in [-0.39, 0.29) is 48.6 Å². The molecule has 0 atom stereocenters. The molecule has 1 aromatic heterocycles. The minimum Gasteiger partial charge on any atom is -0.444 e. The largest absolute Gasteiger partial charge is 0.444 e. The number of carbonyl (C=O) groups is 2. The Morgan fingerprint density at radius 2 is 2.06 bits per heavy atom. The number of carbonyl (C=O) groups excluding carboxylic acids is 2. The topological polar surface area (TPSA) is 95.3 Å². The van der Waals surface area contributed by atoms with Crippen molar-refractivity contribution in [2.45, 2.75) is 52.2 Å². The molecule has 2 heterocycles. The molecule has 0 spiro atoms. The molecule has 0 bridgehead atoms. The van der Waals surface area contributed by atoms with E-state index in [0.29, 0.717) is 38.7 Å². The Morgan fingerprint density at radius 3 is 2.59 bits per heavy atom. The van der Waals surface area contributed by atoms with Crippen molar-refractivity contribution in [2.75, 3.05) is 44.2 Å². The van der Waals surface area contributed by atoms with Crippen molar-refractivity contribution in [3.8, 4) is 0 Å². The number of ether oxygens (including phenoxy) is 1. The third-order valence-corrected chi connectivity index (χ3v) is 5.08. The van der Waals surface area contributed by atoms with Gasteiger partial charge in [0.15, 0.2) is 5.96 Å². The number of anilines is 1. The molecule has 0 aromatic carbocycles. The van der Waals surface area contributed by atoms with E-state index in [1.807, 2.05) is 45.8 Å². The third-order valence-electron chi connectivity index (χ3n) is 5.08. The highest BCUT2D eigenvalue weighted by Gasteiger charge is 2.35. The Labute approximate surface area is 207 Å². The lowest BCUT2D eigenvalue weighted by Crippen LogP contribution is -2.55. The molecule has 1 saturated heterocycles. The molecule has 2 fully saturated rings. The molecule has 1 aliphatic heterocycles. The molecule has 2 aliphatic rings. The zero-order valence-electron chi connectivity index (χ0n) is 19.7. The first-order chi connectivity index (χ1) is 14.7. The van der Waals surface area contributed by atoms with Crippen molar-refractivity contribution in [1.29, 1.82) is 0 Å². The van der Waals surface area contributed by atoms with Crippen LogP contribution in [0.15, 0.2) is 17.4 Å². The fourth-order valence-corrected chi connectivity index (χ4v) is 3.49. The fourth-order valence-electron chi connectivity index (χ4n) is 3.49. The molecular weight excluding hydrogens is 525 g/mol. The summed E-state index contributed by atoms with van der Waals surface area (Å²) in [6.45, 7) is 10.8. The molecule has 32 heavy (non-hydrogen) atoms. The molecule has 1 N–H and O–H groups in total. The highest BCUT2D eigenvalue weighted by atomic mass is 127. The van der Waals surface area contributed by atoms with Gasteiger partial charge < -0.3 is 24.8 Å². The van der Waals surface area contributed by atoms with Crippen LogP contribution in [0.1, 0.15) is 40.5 Å². The van der Waals surface area contributed by atoms with Crippen LogP contribution < -0.4 is 10.2 Å². The second kappa shape index (κ2) is 11.2. The van der Waals surface area contributed by atoms with Crippen LogP contribution in [-0.2, 0) is 16.6 Å². The van der Waals surface area contributed by atoms with Gasteiger partial charge in [-0.25, -0.2) is 4.79 Å². The first-order valence-electron chi connectivity index (χ1n) is 11.0. The number of hydrogen-bond acceptors (Lipinski definition) is 5. The molecule has 3 rings (SSSR count). The van der Waals surface area contributed by atoms with E-state index in [2.05, 4.69) is 10.4 Å². The molecule has 0 radical (unpaired) electrons. The summed E-state index contributed by atoms with van der Waals surface area (Å²) < 4.78 is 7.24. The highest BCUT2D eigenvalue weighted by Crippen LogP contribution is 2.28. The van der Waals surface area contributed by atoms with E-state index in [9.17, 15) is 9.59 Å². The van der Waals surface area contributed by atoms with Crippen LogP contribution in [0, 0.1) is 0 Å². The highest BCUT2D eigenvalue weighted by molar-refractivity contribution is 14.0. The molecule has 11 heteroatoms. The monoisotopic (exact) mass is 561 g/mol.